The van der Waals surface area contributed by atoms with Gasteiger partial charge in [0.25, 0.3) is 0 Å². The third-order valence-electron chi connectivity index (χ3n) is 3.07. The second-order valence-electron chi connectivity index (χ2n) is 4.91. The predicted molar refractivity (Wildman–Crippen MR) is 85.9 cm³/mol. The van der Waals surface area contributed by atoms with Gasteiger partial charge in [0.05, 0.1) is 19.5 Å². The largest absolute Gasteiger partial charge is 0.496 e. The molecule has 0 amide bonds. The predicted octanol–water partition coefficient (Wildman–Crippen LogP) is 2.70. The molecule has 1 heterocycles. The van der Waals surface area contributed by atoms with E-state index in [4.69, 9.17) is 9.47 Å². The first-order valence-electron chi connectivity index (χ1n) is 6.86. The smallest absolute Gasteiger partial charge is 0.151 e. The molecule has 2 rings (SSSR count). The Morgan fingerprint density at radius 3 is 2.55 bits per heavy atom. The Bertz CT molecular complexity index is 756. The summed E-state index contributed by atoms with van der Waals surface area (Å²) in [5.41, 5.74) is 2.31. The lowest BCUT2D eigenvalue weighted by atomic mass is 10.0. The van der Waals surface area contributed by atoms with Crippen molar-refractivity contribution in [2.45, 2.75) is 12.7 Å². The quantitative estimate of drug-likeness (QED) is 0.818. The van der Waals surface area contributed by atoms with Crippen LogP contribution in [0.25, 0.3) is 11.1 Å². The fourth-order valence-electron chi connectivity index (χ4n) is 2.22. The molecule has 0 aliphatic rings. The maximum absolute atomic E-state index is 11.4. The number of sulfone groups is 1. The highest BCUT2D eigenvalue weighted by Crippen LogP contribution is 2.36. The van der Waals surface area contributed by atoms with Gasteiger partial charge in [0.1, 0.15) is 11.5 Å². The first kappa shape index (κ1) is 16.3. The van der Waals surface area contributed by atoms with Crippen molar-refractivity contribution < 1.29 is 17.9 Å². The molecule has 22 heavy (non-hydrogen) atoms. The summed E-state index contributed by atoms with van der Waals surface area (Å²) < 4.78 is 33.9. The molecule has 0 aliphatic carbocycles. The Kier molecular flexibility index (Phi) is 5.03. The molecule has 2 aromatic rings. The lowest BCUT2D eigenvalue weighted by Crippen LogP contribution is -2.02. The molecule has 0 fully saturated rings. The number of hydrogen-bond donors (Lipinski definition) is 0. The van der Waals surface area contributed by atoms with E-state index in [9.17, 15) is 8.42 Å². The Morgan fingerprint density at radius 2 is 1.91 bits per heavy atom. The molecule has 0 spiro atoms. The van der Waals surface area contributed by atoms with Crippen molar-refractivity contribution in [2.24, 2.45) is 0 Å². The summed E-state index contributed by atoms with van der Waals surface area (Å²) in [4.78, 5) is 4.13. The fraction of sp³-hybridized carbons (Fsp3) is 0.312. The van der Waals surface area contributed by atoms with Crippen LogP contribution in [-0.2, 0) is 15.6 Å². The first-order valence-corrected chi connectivity index (χ1v) is 8.92. The second-order valence-corrected chi connectivity index (χ2v) is 7.05. The lowest BCUT2D eigenvalue weighted by Gasteiger charge is -2.14. The number of hydrogen-bond acceptors (Lipinski definition) is 5. The van der Waals surface area contributed by atoms with Crippen LogP contribution >= 0.6 is 0 Å². The van der Waals surface area contributed by atoms with Gasteiger partial charge in [-0.25, -0.2) is 8.42 Å². The summed E-state index contributed by atoms with van der Waals surface area (Å²) in [6.07, 6.45) is 4.58. The number of aromatic nitrogens is 1. The van der Waals surface area contributed by atoms with Gasteiger partial charge < -0.3 is 9.47 Å². The topological polar surface area (TPSA) is 65.5 Å². The van der Waals surface area contributed by atoms with E-state index in [1.165, 1.54) is 6.26 Å². The summed E-state index contributed by atoms with van der Waals surface area (Å²) >= 11 is 0. The SMILES string of the molecule is CCOc1ccncc1-c1ccc(CS(C)(=O)=O)cc1OC. The molecule has 0 aliphatic heterocycles. The normalized spacial score (nSPS) is 11.2. The molecule has 6 heteroatoms. The minimum atomic E-state index is -3.09. The summed E-state index contributed by atoms with van der Waals surface area (Å²) in [5, 5.41) is 0. The van der Waals surface area contributed by atoms with E-state index in [1.807, 2.05) is 13.0 Å². The lowest BCUT2D eigenvalue weighted by molar-refractivity contribution is 0.341. The highest BCUT2D eigenvalue weighted by atomic mass is 32.2. The van der Waals surface area contributed by atoms with Crippen molar-refractivity contribution in [1.82, 2.24) is 4.98 Å². The van der Waals surface area contributed by atoms with Crippen molar-refractivity contribution in [2.75, 3.05) is 20.0 Å². The summed E-state index contributed by atoms with van der Waals surface area (Å²) in [7, 11) is -1.53. The van der Waals surface area contributed by atoms with Crippen LogP contribution in [-0.4, -0.2) is 33.4 Å². The second kappa shape index (κ2) is 6.79. The van der Waals surface area contributed by atoms with E-state index >= 15 is 0 Å². The maximum Gasteiger partial charge on any atom is 0.151 e. The zero-order chi connectivity index (χ0) is 16.2. The number of methoxy groups -OCH3 is 1. The van der Waals surface area contributed by atoms with Gasteiger partial charge in [-0.2, -0.15) is 0 Å². The molecule has 0 saturated carbocycles. The molecule has 1 aromatic carbocycles. The molecule has 0 bridgehead atoms. The molecule has 0 atom stereocenters. The van der Waals surface area contributed by atoms with Crippen molar-refractivity contribution >= 4 is 9.84 Å². The van der Waals surface area contributed by atoms with Crippen LogP contribution in [0.5, 0.6) is 11.5 Å². The summed E-state index contributed by atoms with van der Waals surface area (Å²) in [6.45, 7) is 2.46. The van der Waals surface area contributed by atoms with E-state index in [0.717, 1.165) is 11.1 Å². The van der Waals surface area contributed by atoms with Crippen molar-refractivity contribution in [3.63, 3.8) is 0 Å². The molecule has 0 radical (unpaired) electrons. The van der Waals surface area contributed by atoms with Crippen LogP contribution in [0, 0.1) is 0 Å². The number of ether oxygens (including phenoxy) is 2. The van der Waals surface area contributed by atoms with E-state index in [-0.39, 0.29) is 5.75 Å². The summed E-state index contributed by atoms with van der Waals surface area (Å²) in [5.74, 6) is 1.29. The van der Waals surface area contributed by atoms with Crippen molar-refractivity contribution in [3.8, 4) is 22.6 Å². The van der Waals surface area contributed by atoms with Gasteiger partial charge in [0, 0.05) is 29.8 Å². The third kappa shape index (κ3) is 3.98. The van der Waals surface area contributed by atoms with Gasteiger partial charge in [0.15, 0.2) is 9.84 Å². The third-order valence-corrected chi connectivity index (χ3v) is 3.92. The molecular formula is C16H19NO4S. The first-order chi connectivity index (χ1) is 10.4. The molecule has 1 aromatic heterocycles. The molecule has 0 unspecified atom stereocenters. The number of rotatable bonds is 6. The van der Waals surface area contributed by atoms with Gasteiger partial charge >= 0.3 is 0 Å². The van der Waals surface area contributed by atoms with Crippen molar-refractivity contribution in [1.29, 1.82) is 0 Å². The van der Waals surface area contributed by atoms with Crippen LogP contribution in [0.15, 0.2) is 36.7 Å². The average Bonchev–Trinajstić information content (AvgIpc) is 2.46. The van der Waals surface area contributed by atoms with Crippen molar-refractivity contribution in [3.05, 3.63) is 42.2 Å². The van der Waals surface area contributed by atoms with Crippen LogP contribution in [0.2, 0.25) is 0 Å². The maximum atomic E-state index is 11.4. The van der Waals surface area contributed by atoms with E-state index in [2.05, 4.69) is 4.98 Å². The highest BCUT2D eigenvalue weighted by Gasteiger charge is 2.14. The molecule has 5 nitrogen and oxygen atoms in total. The van der Waals surface area contributed by atoms with E-state index in [0.29, 0.717) is 23.7 Å². The van der Waals surface area contributed by atoms with Crippen LogP contribution in [0.4, 0.5) is 0 Å². The van der Waals surface area contributed by atoms with Gasteiger partial charge in [-0.05, 0) is 24.6 Å². The monoisotopic (exact) mass is 321 g/mol. The highest BCUT2D eigenvalue weighted by molar-refractivity contribution is 7.89. The standard InChI is InChI=1S/C16H19NO4S/c1-4-21-15-7-8-17-10-14(15)13-6-5-12(9-16(13)20-2)11-22(3,18)19/h5-10H,4,11H2,1-3H3. The zero-order valence-electron chi connectivity index (χ0n) is 12.9. The van der Waals surface area contributed by atoms with Gasteiger partial charge in [0.2, 0.25) is 0 Å². The minimum absolute atomic E-state index is 0.0189. The van der Waals surface area contributed by atoms with Crippen LogP contribution in [0.1, 0.15) is 12.5 Å². The van der Waals surface area contributed by atoms with E-state index < -0.39 is 9.84 Å². The minimum Gasteiger partial charge on any atom is -0.496 e. The Labute approximate surface area is 130 Å². The van der Waals surface area contributed by atoms with Gasteiger partial charge in [-0.15, -0.1) is 0 Å². The fourth-order valence-corrected chi connectivity index (χ4v) is 3.00. The van der Waals surface area contributed by atoms with Gasteiger partial charge in [-0.3, -0.25) is 4.98 Å². The number of pyridine rings is 1. The average molecular weight is 321 g/mol. The Morgan fingerprint density at radius 1 is 1.14 bits per heavy atom. The van der Waals surface area contributed by atoms with Crippen LogP contribution < -0.4 is 9.47 Å². The number of benzene rings is 1. The molecular weight excluding hydrogens is 302 g/mol. The molecule has 0 N–H and O–H groups in total. The molecule has 118 valence electrons. The summed E-state index contributed by atoms with van der Waals surface area (Å²) in [6, 6.07) is 7.14. The molecule has 0 saturated heterocycles. The van der Waals surface area contributed by atoms with Gasteiger partial charge in [-0.1, -0.05) is 12.1 Å². The number of nitrogens with zero attached hydrogens (tertiary/aromatic N) is 1. The Hall–Kier alpha value is -2.08. The zero-order valence-corrected chi connectivity index (χ0v) is 13.7. The van der Waals surface area contributed by atoms with Crippen LogP contribution in [0.3, 0.4) is 0 Å². The van der Waals surface area contributed by atoms with E-state index in [1.54, 1.807) is 37.7 Å². The Balaban J connectivity index is 2.48.